The standard InChI is InChI=1S/C24H31N5O2/c30-23(20-4-1-2-5-20)29-14-15-31-22-7-6-19(16-21(22)18-29)17-27-10-12-28(13-11-27)24-25-8-3-9-26-24/h3,6-9,16,20H,1-2,4-5,10-15,17-18H2. The van der Waals surface area contributed by atoms with Gasteiger partial charge in [0.2, 0.25) is 11.9 Å². The highest BCUT2D eigenvalue weighted by Gasteiger charge is 2.29. The fourth-order valence-electron chi connectivity index (χ4n) is 4.98. The van der Waals surface area contributed by atoms with E-state index < -0.39 is 0 Å². The van der Waals surface area contributed by atoms with Crippen LogP contribution in [0.15, 0.2) is 36.7 Å². The Morgan fingerprint density at radius 2 is 1.81 bits per heavy atom. The van der Waals surface area contributed by atoms with Crippen molar-refractivity contribution in [3.8, 4) is 5.75 Å². The van der Waals surface area contributed by atoms with E-state index in [4.69, 9.17) is 4.74 Å². The second kappa shape index (κ2) is 9.22. The van der Waals surface area contributed by atoms with Crippen molar-refractivity contribution in [1.29, 1.82) is 0 Å². The molecule has 3 aliphatic rings. The SMILES string of the molecule is O=C(C1CCCC1)N1CCOc2ccc(CN3CCN(c4ncccn4)CC3)cc2C1. The van der Waals surface area contributed by atoms with Gasteiger partial charge in [0.1, 0.15) is 12.4 Å². The van der Waals surface area contributed by atoms with Crippen molar-refractivity contribution in [3.63, 3.8) is 0 Å². The molecule has 2 aliphatic heterocycles. The smallest absolute Gasteiger partial charge is 0.226 e. The Balaban J connectivity index is 1.21. The van der Waals surface area contributed by atoms with E-state index in [0.29, 0.717) is 25.6 Å². The van der Waals surface area contributed by atoms with Crippen LogP contribution < -0.4 is 9.64 Å². The van der Waals surface area contributed by atoms with Crippen LogP contribution in [0.4, 0.5) is 5.95 Å². The predicted octanol–water partition coefficient (Wildman–Crippen LogP) is 2.71. The molecule has 0 bridgehead atoms. The van der Waals surface area contributed by atoms with Gasteiger partial charge in [-0.05, 0) is 36.6 Å². The second-order valence-corrected chi connectivity index (χ2v) is 8.84. The molecule has 1 aliphatic carbocycles. The van der Waals surface area contributed by atoms with Crippen molar-refractivity contribution in [2.24, 2.45) is 5.92 Å². The maximum atomic E-state index is 13.0. The Kier molecular flexibility index (Phi) is 6.02. The summed E-state index contributed by atoms with van der Waals surface area (Å²) in [7, 11) is 0. The summed E-state index contributed by atoms with van der Waals surface area (Å²) in [4.78, 5) is 28.4. The quantitative estimate of drug-likeness (QED) is 0.757. The summed E-state index contributed by atoms with van der Waals surface area (Å²) in [5, 5.41) is 0. The molecule has 1 saturated heterocycles. The maximum Gasteiger partial charge on any atom is 0.226 e. The lowest BCUT2D eigenvalue weighted by atomic mass is 10.0. The van der Waals surface area contributed by atoms with Crippen molar-refractivity contribution in [3.05, 3.63) is 47.8 Å². The third kappa shape index (κ3) is 4.66. The molecule has 164 valence electrons. The summed E-state index contributed by atoms with van der Waals surface area (Å²) >= 11 is 0. The van der Waals surface area contributed by atoms with Gasteiger partial charge in [-0.25, -0.2) is 9.97 Å². The summed E-state index contributed by atoms with van der Waals surface area (Å²) in [6.07, 6.45) is 8.06. The molecule has 0 N–H and O–H groups in total. The molecule has 31 heavy (non-hydrogen) atoms. The number of aromatic nitrogens is 2. The van der Waals surface area contributed by atoms with Crippen molar-refractivity contribution < 1.29 is 9.53 Å². The number of rotatable bonds is 4. The molecular weight excluding hydrogens is 390 g/mol. The van der Waals surface area contributed by atoms with Crippen LogP contribution in [0.3, 0.4) is 0 Å². The average Bonchev–Trinajstić information content (AvgIpc) is 3.27. The number of amides is 1. The van der Waals surface area contributed by atoms with Crippen molar-refractivity contribution in [2.75, 3.05) is 44.2 Å². The molecule has 0 radical (unpaired) electrons. The highest BCUT2D eigenvalue weighted by Crippen LogP contribution is 2.30. The summed E-state index contributed by atoms with van der Waals surface area (Å²) in [6.45, 7) is 6.67. The number of anilines is 1. The van der Waals surface area contributed by atoms with Gasteiger partial charge in [-0.15, -0.1) is 0 Å². The number of piperazine rings is 1. The predicted molar refractivity (Wildman–Crippen MR) is 119 cm³/mol. The van der Waals surface area contributed by atoms with E-state index in [1.54, 1.807) is 12.4 Å². The number of ether oxygens (including phenoxy) is 1. The number of carbonyl (C=O) groups is 1. The summed E-state index contributed by atoms with van der Waals surface area (Å²) in [6, 6.07) is 8.34. The van der Waals surface area contributed by atoms with Gasteiger partial charge in [0.25, 0.3) is 0 Å². The molecule has 1 aromatic carbocycles. The Bertz CT molecular complexity index is 892. The lowest BCUT2D eigenvalue weighted by Crippen LogP contribution is -2.46. The van der Waals surface area contributed by atoms with Crippen LogP contribution in [0.1, 0.15) is 36.8 Å². The molecule has 0 unspecified atom stereocenters. The van der Waals surface area contributed by atoms with Crippen LogP contribution in [0.5, 0.6) is 5.75 Å². The van der Waals surface area contributed by atoms with E-state index in [-0.39, 0.29) is 5.92 Å². The average molecular weight is 422 g/mol. The third-order valence-electron chi connectivity index (χ3n) is 6.73. The van der Waals surface area contributed by atoms with Crippen LogP contribution in [-0.4, -0.2) is 65.0 Å². The van der Waals surface area contributed by atoms with E-state index in [1.807, 2.05) is 11.0 Å². The Morgan fingerprint density at radius 1 is 1.03 bits per heavy atom. The number of nitrogens with zero attached hydrogens (tertiary/aromatic N) is 5. The molecule has 7 heteroatoms. The molecule has 0 spiro atoms. The van der Waals surface area contributed by atoms with Crippen molar-refractivity contribution in [1.82, 2.24) is 19.8 Å². The first-order valence-electron chi connectivity index (χ1n) is 11.5. The van der Waals surface area contributed by atoms with E-state index in [2.05, 4.69) is 38.0 Å². The minimum atomic E-state index is 0.217. The monoisotopic (exact) mass is 421 g/mol. The van der Waals surface area contributed by atoms with Gasteiger partial charge in [0, 0.05) is 63.1 Å². The Hall–Kier alpha value is -2.67. The number of fused-ring (bicyclic) bond motifs is 1. The number of hydrogen-bond acceptors (Lipinski definition) is 6. The highest BCUT2D eigenvalue weighted by atomic mass is 16.5. The number of hydrogen-bond donors (Lipinski definition) is 0. The first-order chi connectivity index (χ1) is 15.3. The van der Waals surface area contributed by atoms with Crippen LogP contribution in [0.2, 0.25) is 0 Å². The summed E-state index contributed by atoms with van der Waals surface area (Å²) < 4.78 is 5.97. The number of benzene rings is 1. The fourth-order valence-corrected chi connectivity index (χ4v) is 4.98. The summed E-state index contributed by atoms with van der Waals surface area (Å²) in [5.41, 5.74) is 2.42. The van der Waals surface area contributed by atoms with Crippen molar-refractivity contribution >= 4 is 11.9 Å². The Morgan fingerprint density at radius 3 is 2.58 bits per heavy atom. The lowest BCUT2D eigenvalue weighted by Gasteiger charge is -2.34. The van der Waals surface area contributed by atoms with Crippen LogP contribution in [0, 0.1) is 5.92 Å². The molecule has 1 aromatic heterocycles. The van der Waals surface area contributed by atoms with Crippen molar-refractivity contribution in [2.45, 2.75) is 38.8 Å². The molecule has 1 amide bonds. The maximum absolute atomic E-state index is 13.0. The number of carbonyl (C=O) groups excluding carboxylic acids is 1. The molecule has 2 fully saturated rings. The van der Waals surface area contributed by atoms with Gasteiger partial charge >= 0.3 is 0 Å². The molecule has 7 nitrogen and oxygen atoms in total. The van der Waals surface area contributed by atoms with Gasteiger partial charge in [-0.1, -0.05) is 18.9 Å². The molecule has 1 saturated carbocycles. The minimum absolute atomic E-state index is 0.217. The zero-order valence-electron chi connectivity index (χ0n) is 18.1. The van der Waals surface area contributed by atoms with Crippen LogP contribution in [-0.2, 0) is 17.9 Å². The van der Waals surface area contributed by atoms with Crippen LogP contribution >= 0.6 is 0 Å². The molecular formula is C24H31N5O2. The van der Waals surface area contributed by atoms with E-state index in [1.165, 1.54) is 18.4 Å². The van der Waals surface area contributed by atoms with E-state index in [9.17, 15) is 4.79 Å². The summed E-state index contributed by atoms with van der Waals surface area (Å²) in [5.74, 6) is 2.28. The van der Waals surface area contributed by atoms with Gasteiger partial charge in [-0.3, -0.25) is 9.69 Å². The molecule has 3 heterocycles. The Labute approximate surface area is 184 Å². The highest BCUT2D eigenvalue weighted by molar-refractivity contribution is 5.79. The normalized spacial score (nSPS) is 20.3. The first kappa shape index (κ1) is 20.2. The zero-order chi connectivity index (χ0) is 21.0. The van der Waals surface area contributed by atoms with Gasteiger partial charge < -0.3 is 14.5 Å². The third-order valence-corrected chi connectivity index (χ3v) is 6.73. The topological polar surface area (TPSA) is 61.8 Å². The largest absolute Gasteiger partial charge is 0.491 e. The fraction of sp³-hybridized carbons (Fsp3) is 0.542. The van der Waals surface area contributed by atoms with Gasteiger partial charge in [0.05, 0.1) is 6.54 Å². The second-order valence-electron chi connectivity index (χ2n) is 8.84. The molecule has 5 rings (SSSR count). The molecule has 2 aromatic rings. The van der Waals surface area contributed by atoms with E-state index >= 15 is 0 Å². The van der Waals surface area contributed by atoms with Crippen LogP contribution in [0.25, 0.3) is 0 Å². The lowest BCUT2D eigenvalue weighted by molar-refractivity contribution is -0.136. The zero-order valence-corrected chi connectivity index (χ0v) is 18.1. The minimum Gasteiger partial charge on any atom is -0.491 e. The van der Waals surface area contributed by atoms with E-state index in [0.717, 1.165) is 62.8 Å². The first-order valence-corrected chi connectivity index (χ1v) is 11.5. The van der Waals surface area contributed by atoms with Gasteiger partial charge in [0.15, 0.2) is 0 Å². The molecule has 0 atom stereocenters. The van der Waals surface area contributed by atoms with Gasteiger partial charge in [-0.2, -0.15) is 0 Å².